The zero-order valence-electron chi connectivity index (χ0n) is 17.3. The Kier molecular flexibility index (Phi) is 7.70. The molecule has 6 heteroatoms. The number of rotatable bonds is 8. The molecule has 0 saturated carbocycles. The second kappa shape index (κ2) is 10.00. The van der Waals surface area contributed by atoms with E-state index in [1.165, 1.54) is 5.56 Å². The van der Waals surface area contributed by atoms with Gasteiger partial charge in [0.05, 0.1) is 18.3 Å². The van der Waals surface area contributed by atoms with E-state index in [1.54, 1.807) is 7.05 Å². The summed E-state index contributed by atoms with van der Waals surface area (Å²) in [6.45, 7) is 11.6. The maximum atomic E-state index is 6.07. The molecule has 0 aliphatic heterocycles. The van der Waals surface area contributed by atoms with Gasteiger partial charge in [0, 0.05) is 25.2 Å². The van der Waals surface area contributed by atoms with E-state index >= 15 is 0 Å². The fourth-order valence-electron chi connectivity index (χ4n) is 2.47. The Bertz CT molecular complexity index is 752. The Hall–Kier alpha value is -2.50. The quantitative estimate of drug-likeness (QED) is 0.538. The molecule has 1 unspecified atom stereocenters. The summed E-state index contributed by atoms with van der Waals surface area (Å²) in [6, 6.07) is 8.25. The normalized spacial score (nSPS) is 12.9. The Morgan fingerprint density at radius 1 is 1.19 bits per heavy atom. The van der Waals surface area contributed by atoms with Gasteiger partial charge in [-0.25, -0.2) is 0 Å². The lowest BCUT2D eigenvalue weighted by Gasteiger charge is -2.18. The first-order valence-corrected chi connectivity index (χ1v) is 9.59. The first kappa shape index (κ1) is 20.8. The summed E-state index contributed by atoms with van der Waals surface area (Å²) in [7, 11) is 1.75. The summed E-state index contributed by atoms with van der Waals surface area (Å²) in [6.07, 6.45) is 1.16. The van der Waals surface area contributed by atoms with Gasteiger partial charge in [0.2, 0.25) is 0 Å². The predicted octanol–water partition coefficient (Wildman–Crippen LogP) is 4.15. The highest BCUT2D eigenvalue weighted by molar-refractivity contribution is 5.79. The molecule has 1 atom stereocenters. The van der Waals surface area contributed by atoms with Crippen LogP contribution in [-0.4, -0.2) is 24.3 Å². The van der Waals surface area contributed by atoms with Crippen molar-refractivity contribution in [3.05, 3.63) is 46.8 Å². The lowest BCUT2D eigenvalue weighted by Crippen LogP contribution is -2.36. The fraction of sp³-hybridized carbons (Fsp3) is 0.524. The number of hydrogen-bond donors (Lipinski definition) is 2. The van der Waals surface area contributed by atoms with Crippen molar-refractivity contribution in [1.29, 1.82) is 0 Å². The molecule has 0 saturated heterocycles. The number of ether oxygens (including phenoxy) is 1. The number of hydrogen-bond acceptors (Lipinski definition) is 4. The zero-order valence-corrected chi connectivity index (χ0v) is 17.3. The predicted molar refractivity (Wildman–Crippen MR) is 109 cm³/mol. The second-order valence-electron chi connectivity index (χ2n) is 7.10. The minimum atomic E-state index is 0.185. The molecule has 2 rings (SSSR count). The van der Waals surface area contributed by atoms with Crippen LogP contribution in [0.15, 0.2) is 33.8 Å². The van der Waals surface area contributed by atoms with Crippen LogP contribution in [0.25, 0.3) is 0 Å². The van der Waals surface area contributed by atoms with Gasteiger partial charge >= 0.3 is 0 Å². The molecular weight excluding hydrogens is 340 g/mol. The Balaban J connectivity index is 1.95. The van der Waals surface area contributed by atoms with Gasteiger partial charge in [0.25, 0.3) is 0 Å². The molecular formula is C21H32N4O2. The molecule has 1 aromatic heterocycles. The van der Waals surface area contributed by atoms with Gasteiger partial charge in [0.15, 0.2) is 11.7 Å². The second-order valence-corrected chi connectivity index (χ2v) is 7.10. The van der Waals surface area contributed by atoms with Crippen molar-refractivity contribution in [2.24, 2.45) is 4.99 Å². The van der Waals surface area contributed by atoms with Crippen molar-refractivity contribution < 1.29 is 9.26 Å². The molecule has 0 fully saturated rings. The number of aromatic nitrogens is 1. The van der Waals surface area contributed by atoms with Crippen LogP contribution in [0.1, 0.15) is 62.6 Å². The van der Waals surface area contributed by atoms with E-state index in [9.17, 15) is 0 Å². The van der Waals surface area contributed by atoms with Gasteiger partial charge in [-0.3, -0.25) is 4.99 Å². The summed E-state index contributed by atoms with van der Waals surface area (Å²) in [5.41, 5.74) is 3.25. The summed E-state index contributed by atoms with van der Waals surface area (Å²) in [5, 5.41) is 10.7. The topological polar surface area (TPSA) is 71.7 Å². The van der Waals surface area contributed by atoms with Gasteiger partial charge in [-0.2, -0.15) is 0 Å². The summed E-state index contributed by atoms with van der Waals surface area (Å²) >= 11 is 0. The first-order valence-electron chi connectivity index (χ1n) is 9.59. The van der Waals surface area contributed by atoms with Crippen LogP contribution in [0.2, 0.25) is 0 Å². The highest BCUT2D eigenvalue weighted by Gasteiger charge is 2.10. The van der Waals surface area contributed by atoms with Crippen molar-refractivity contribution in [3.8, 4) is 5.75 Å². The third-order valence-corrected chi connectivity index (χ3v) is 4.39. The number of nitrogens with one attached hydrogen (secondary N) is 2. The molecule has 0 aliphatic carbocycles. The summed E-state index contributed by atoms with van der Waals surface area (Å²) < 4.78 is 11.4. The van der Waals surface area contributed by atoms with E-state index < -0.39 is 0 Å². The van der Waals surface area contributed by atoms with Crippen LogP contribution < -0.4 is 15.4 Å². The molecule has 0 radical (unpaired) electrons. The zero-order chi connectivity index (χ0) is 19.8. The van der Waals surface area contributed by atoms with E-state index in [0.29, 0.717) is 25.0 Å². The van der Waals surface area contributed by atoms with Crippen molar-refractivity contribution in [2.75, 3.05) is 7.05 Å². The lowest BCUT2D eigenvalue weighted by molar-refractivity contribution is 0.215. The van der Waals surface area contributed by atoms with E-state index in [2.05, 4.69) is 73.6 Å². The number of benzene rings is 1. The average Bonchev–Trinajstić information content (AvgIpc) is 3.12. The first-order chi connectivity index (χ1) is 12.9. The van der Waals surface area contributed by atoms with E-state index in [4.69, 9.17) is 9.26 Å². The molecule has 1 aromatic carbocycles. The van der Waals surface area contributed by atoms with Gasteiger partial charge in [-0.15, -0.1) is 0 Å². The van der Waals surface area contributed by atoms with Crippen LogP contribution >= 0.6 is 0 Å². The number of aliphatic imine (C=N–C) groups is 1. The number of aryl methyl sites for hydroxylation is 1. The molecule has 0 spiro atoms. The Morgan fingerprint density at radius 3 is 2.56 bits per heavy atom. The Morgan fingerprint density at radius 2 is 1.93 bits per heavy atom. The molecule has 2 N–H and O–H groups in total. The largest absolute Gasteiger partial charge is 0.490 e. The van der Waals surface area contributed by atoms with Gasteiger partial charge in [-0.1, -0.05) is 38.1 Å². The SMILES string of the molecule is CCC(C)Oc1cc(C)ccc1CNC(=NC)NCc1cc(C(C)C)no1. The fourth-order valence-corrected chi connectivity index (χ4v) is 2.47. The minimum Gasteiger partial charge on any atom is -0.490 e. The summed E-state index contributed by atoms with van der Waals surface area (Å²) in [4.78, 5) is 4.28. The lowest BCUT2D eigenvalue weighted by atomic mass is 10.1. The maximum Gasteiger partial charge on any atom is 0.191 e. The molecule has 0 amide bonds. The number of nitrogens with zero attached hydrogens (tertiary/aromatic N) is 2. The van der Waals surface area contributed by atoms with Crippen molar-refractivity contribution in [1.82, 2.24) is 15.8 Å². The van der Waals surface area contributed by atoms with Gasteiger partial charge in [0.1, 0.15) is 5.75 Å². The van der Waals surface area contributed by atoms with Crippen LogP contribution in [0, 0.1) is 6.92 Å². The molecule has 2 aromatic rings. The van der Waals surface area contributed by atoms with Gasteiger partial charge in [-0.05, 0) is 37.8 Å². The highest BCUT2D eigenvalue weighted by atomic mass is 16.5. The summed E-state index contributed by atoms with van der Waals surface area (Å²) in [5.74, 6) is 2.76. The maximum absolute atomic E-state index is 6.07. The van der Waals surface area contributed by atoms with Crippen molar-refractivity contribution in [3.63, 3.8) is 0 Å². The van der Waals surface area contributed by atoms with Crippen molar-refractivity contribution in [2.45, 2.75) is 66.2 Å². The number of guanidine groups is 1. The highest BCUT2D eigenvalue weighted by Crippen LogP contribution is 2.22. The van der Waals surface area contributed by atoms with Crippen LogP contribution in [0.3, 0.4) is 0 Å². The van der Waals surface area contributed by atoms with Crippen LogP contribution in [-0.2, 0) is 13.1 Å². The third kappa shape index (κ3) is 6.31. The average molecular weight is 373 g/mol. The van der Waals surface area contributed by atoms with Crippen LogP contribution in [0.5, 0.6) is 5.75 Å². The standard InChI is InChI=1S/C21H32N4O2/c1-7-16(5)26-20-10-15(4)8-9-17(20)12-23-21(22-6)24-13-18-11-19(14(2)3)25-27-18/h8-11,14,16H,7,12-13H2,1-6H3,(H2,22,23,24). The van der Waals surface area contributed by atoms with Crippen LogP contribution in [0.4, 0.5) is 0 Å². The van der Waals surface area contributed by atoms with Crippen molar-refractivity contribution >= 4 is 5.96 Å². The monoisotopic (exact) mass is 372 g/mol. The van der Waals surface area contributed by atoms with Gasteiger partial charge < -0.3 is 19.9 Å². The smallest absolute Gasteiger partial charge is 0.191 e. The van der Waals surface area contributed by atoms with E-state index in [-0.39, 0.29) is 6.10 Å². The molecule has 148 valence electrons. The molecule has 0 bridgehead atoms. The molecule has 0 aliphatic rings. The third-order valence-electron chi connectivity index (χ3n) is 4.39. The van der Waals surface area contributed by atoms with E-state index in [1.807, 2.05) is 6.07 Å². The molecule has 6 nitrogen and oxygen atoms in total. The molecule has 1 heterocycles. The van der Waals surface area contributed by atoms with E-state index in [0.717, 1.165) is 29.2 Å². The Labute approximate surface area is 162 Å². The minimum absolute atomic E-state index is 0.185. The molecule has 27 heavy (non-hydrogen) atoms.